The van der Waals surface area contributed by atoms with E-state index in [0.717, 1.165) is 18.7 Å². The zero-order valence-electron chi connectivity index (χ0n) is 11.0. The van der Waals surface area contributed by atoms with Crippen molar-refractivity contribution in [2.45, 2.75) is 25.4 Å². The number of β-amino-alcohol motifs (C(OH)–C–C–N with tert-alkyl or cyclic N) is 1. The number of aliphatic hydroxyl groups excluding tert-OH is 1. The Bertz CT molecular complexity index is 425. The molecule has 1 aromatic rings. The Morgan fingerprint density at radius 3 is 2.42 bits per heavy atom. The molecule has 1 fully saturated rings. The van der Waals surface area contributed by atoms with Crippen LogP contribution in [0.2, 0.25) is 0 Å². The van der Waals surface area contributed by atoms with Crippen LogP contribution in [0, 0.1) is 0 Å². The van der Waals surface area contributed by atoms with Crippen LogP contribution in [0.25, 0.3) is 0 Å². The molecule has 5 heteroatoms. The van der Waals surface area contributed by atoms with E-state index >= 15 is 0 Å². The van der Waals surface area contributed by atoms with Gasteiger partial charge >= 0.3 is 0 Å². The van der Waals surface area contributed by atoms with Crippen LogP contribution in [0.15, 0.2) is 29.4 Å². The summed E-state index contributed by atoms with van der Waals surface area (Å²) in [7, 11) is 0. The van der Waals surface area contributed by atoms with E-state index in [2.05, 4.69) is 10.1 Å². The van der Waals surface area contributed by atoms with Gasteiger partial charge in [-0.15, -0.1) is 0 Å². The maximum atomic E-state index is 10.2. The number of hydrogen-bond donors (Lipinski definition) is 3. The molecule has 1 aliphatic heterocycles. The highest BCUT2D eigenvalue weighted by Gasteiger charge is 2.15. The zero-order valence-corrected chi connectivity index (χ0v) is 11.0. The van der Waals surface area contributed by atoms with Gasteiger partial charge < -0.3 is 20.9 Å². The molecule has 0 amide bonds. The first-order valence-corrected chi connectivity index (χ1v) is 6.69. The minimum atomic E-state index is -0.487. The van der Waals surface area contributed by atoms with Gasteiger partial charge in [-0.3, -0.25) is 0 Å². The van der Waals surface area contributed by atoms with E-state index in [1.54, 1.807) is 12.1 Å². The average Bonchev–Trinajstić information content (AvgIpc) is 2.47. The van der Waals surface area contributed by atoms with E-state index in [9.17, 15) is 5.11 Å². The van der Waals surface area contributed by atoms with E-state index in [4.69, 9.17) is 10.9 Å². The van der Waals surface area contributed by atoms with Crippen LogP contribution in [-0.4, -0.2) is 40.7 Å². The van der Waals surface area contributed by atoms with Gasteiger partial charge in [0.15, 0.2) is 5.84 Å². The fraction of sp³-hybridized carbons (Fsp3) is 0.500. The standard InChI is InChI=1S/C14H21N3O2/c15-14(16-19)12-6-4-11(5-7-12)13(18)10-17-8-2-1-3-9-17/h4-7,13,18-19H,1-3,8-10H2,(H2,15,16)/t13-/m1/s1. The summed E-state index contributed by atoms with van der Waals surface area (Å²) in [6, 6.07) is 7.15. The Labute approximate surface area is 113 Å². The molecule has 0 saturated carbocycles. The summed E-state index contributed by atoms with van der Waals surface area (Å²) in [5.41, 5.74) is 7.01. The highest BCUT2D eigenvalue weighted by molar-refractivity contribution is 5.96. The summed E-state index contributed by atoms with van der Waals surface area (Å²) in [4.78, 5) is 2.30. The van der Waals surface area contributed by atoms with Gasteiger partial charge in [-0.2, -0.15) is 0 Å². The van der Waals surface area contributed by atoms with Gasteiger partial charge in [0, 0.05) is 12.1 Å². The van der Waals surface area contributed by atoms with Crippen LogP contribution in [0.4, 0.5) is 0 Å². The summed E-state index contributed by atoms with van der Waals surface area (Å²) >= 11 is 0. The van der Waals surface area contributed by atoms with Gasteiger partial charge in [-0.25, -0.2) is 0 Å². The Morgan fingerprint density at radius 2 is 1.84 bits per heavy atom. The topological polar surface area (TPSA) is 82.1 Å². The number of nitrogens with zero attached hydrogens (tertiary/aromatic N) is 2. The summed E-state index contributed by atoms with van der Waals surface area (Å²) < 4.78 is 0. The van der Waals surface area contributed by atoms with Crippen molar-refractivity contribution < 1.29 is 10.3 Å². The Hall–Kier alpha value is -1.59. The molecule has 1 aliphatic rings. The van der Waals surface area contributed by atoms with E-state index < -0.39 is 6.10 Å². The Morgan fingerprint density at radius 1 is 1.21 bits per heavy atom. The molecule has 104 valence electrons. The van der Waals surface area contributed by atoms with Gasteiger partial charge in [0.05, 0.1) is 6.10 Å². The maximum absolute atomic E-state index is 10.2. The first-order chi connectivity index (χ1) is 9.20. The lowest BCUT2D eigenvalue weighted by Crippen LogP contribution is -2.33. The van der Waals surface area contributed by atoms with Gasteiger partial charge in [-0.1, -0.05) is 35.8 Å². The molecule has 0 radical (unpaired) electrons. The van der Waals surface area contributed by atoms with Crippen LogP contribution in [0.1, 0.15) is 36.5 Å². The zero-order chi connectivity index (χ0) is 13.7. The van der Waals surface area contributed by atoms with Gasteiger partial charge in [0.2, 0.25) is 0 Å². The second kappa shape index (κ2) is 6.54. The fourth-order valence-electron chi connectivity index (χ4n) is 2.43. The molecule has 2 rings (SSSR count). The van der Waals surface area contributed by atoms with Crippen molar-refractivity contribution in [1.82, 2.24) is 4.90 Å². The molecule has 4 N–H and O–H groups in total. The van der Waals surface area contributed by atoms with E-state index in [0.29, 0.717) is 12.1 Å². The predicted molar refractivity (Wildman–Crippen MR) is 74.2 cm³/mol. The van der Waals surface area contributed by atoms with E-state index in [1.165, 1.54) is 19.3 Å². The van der Waals surface area contributed by atoms with Crippen LogP contribution in [0.5, 0.6) is 0 Å². The SMILES string of the molecule is N/C(=N\O)c1ccc([C@H](O)CN2CCCCC2)cc1. The van der Waals surface area contributed by atoms with Crippen molar-refractivity contribution in [3.05, 3.63) is 35.4 Å². The summed E-state index contributed by atoms with van der Waals surface area (Å²) in [6.07, 6.45) is 3.24. The molecule has 1 aromatic carbocycles. The summed E-state index contributed by atoms with van der Waals surface area (Å²) in [6.45, 7) is 2.81. The third kappa shape index (κ3) is 3.68. The first kappa shape index (κ1) is 13.8. The normalized spacial score (nSPS) is 19.3. The van der Waals surface area contributed by atoms with Crippen molar-refractivity contribution in [2.24, 2.45) is 10.9 Å². The van der Waals surface area contributed by atoms with Gasteiger partial charge in [-0.05, 0) is 31.5 Å². The van der Waals surface area contributed by atoms with Crippen LogP contribution >= 0.6 is 0 Å². The van der Waals surface area contributed by atoms with Crippen molar-refractivity contribution in [3.8, 4) is 0 Å². The number of nitrogens with two attached hydrogens (primary N) is 1. The number of aliphatic hydroxyl groups is 1. The van der Waals surface area contributed by atoms with Crippen LogP contribution < -0.4 is 5.73 Å². The van der Waals surface area contributed by atoms with Crippen molar-refractivity contribution >= 4 is 5.84 Å². The number of piperidine rings is 1. The van der Waals surface area contributed by atoms with Crippen molar-refractivity contribution in [2.75, 3.05) is 19.6 Å². The van der Waals surface area contributed by atoms with Crippen molar-refractivity contribution in [3.63, 3.8) is 0 Å². The third-order valence-electron chi connectivity index (χ3n) is 3.58. The molecule has 19 heavy (non-hydrogen) atoms. The van der Waals surface area contributed by atoms with Gasteiger partial charge in [0.1, 0.15) is 0 Å². The highest BCUT2D eigenvalue weighted by Crippen LogP contribution is 2.18. The number of benzene rings is 1. The monoisotopic (exact) mass is 263 g/mol. The van der Waals surface area contributed by atoms with Crippen molar-refractivity contribution in [1.29, 1.82) is 0 Å². The van der Waals surface area contributed by atoms with Gasteiger partial charge in [0.25, 0.3) is 0 Å². The fourth-order valence-corrected chi connectivity index (χ4v) is 2.43. The lowest BCUT2D eigenvalue weighted by atomic mass is 10.0. The molecule has 0 aromatic heterocycles. The Kier molecular flexibility index (Phi) is 4.76. The Balaban J connectivity index is 1.96. The molecule has 0 aliphatic carbocycles. The first-order valence-electron chi connectivity index (χ1n) is 6.69. The quantitative estimate of drug-likeness (QED) is 0.331. The van der Waals surface area contributed by atoms with Crippen LogP contribution in [-0.2, 0) is 0 Å². The minimum absolute atomic E-state index is 0.0806. The number of likely N-dealkylation sites (tertiary alicyclic amines) is 1. The second-order valence-corrected chi connectivity index (χ2v) is 4.98. The molecule has 5 nitrogen and oxygen atoms in total. The summed E-state index contributed by atoms with van der Waals surface area (Å²) in [5, 5.41) is 21.7. The lowest BCUT2D eigenvalue weighted by molar-refractivity contribution is 0.101. The summed E-state index contributed by atoms with van der Waals surface area (Å²) in [5.74, 6) is 0.0806. The third-order valence-corrected chi connectivity index (χ3v) is 3.58. The number of hydrogen-bond acceptors (Lipinski definition) is 4. The maximum Gasteiger partial charge on any atom is 0.170 e. The van der Waals surface area contributed by atoms with E-state index in [1.807, 2.05) is 12.1 Å². The van der Waals surface area contributed by atoms with Crippen LogP contribution in [0.3, 0.4) is 0 Å². The number of amidine groups is 1. The molecule has 1 saturated heterocycles. The molecule has 0 spiro atoms. The average molecular weight is 263 g/mol. The predicted octanol–water partition coefficient (Wildman–Crippen LogP) is 1.30. The van der Waals surface area contributed by atoms with E-state index in [-0.39, 0.29) is 5.84 Å². The molecular weight excluding hydrogens is 242 g/mol. The highest BCUT2D eigenvalue weighted by atomic mass is 16.4. The smallest absolute Gasteiger partial charge is 0.170 e. The lowest BCUT2D eigenvalue weighted by Gasteiger charge is -2.28. The number of rotatable bonds is 4. The molecular formula is C14H21N3O2. The number of oxime groups is 1. The molecule has 1 atom stereocenters. The second-order valence-electron chi connectivity index (χ2n) is 4.98. The largest absolute Gasteiger partial charge is 0.409 e. The minimum Gasteiger partial charge on any atom is -0.409 e. The molecule has 1 heterocycles. The molecule has 0 bridgehead atoms. The molecule has 0 unspecified atom stereocenters.